The molecular formula is C13H27NO. The molecule has 1 saturated carbocycles. The van der Waals surface area contributed by atoms with E-state index in [1.54, 1.807) is 0 Å². The zero-order valence-corrected chi connectivity index (χ0v) is 10.9. The van der Waals surface area contributed by atoms with E-state index in [0.717, 1.165) is 19.7 Å². The Morgan fingerprint density at radius 1 is 1.20 bits per heavy atom. The van der Waals surface area contributed by atoms with E-state index in [9.17, 15) is 0 Å². The Hall–Kier alpha value is -0.0800. The van der Waals surface area contributed by atoms with E-state index in [2.05, 4.69) is 33.0 Å². The molecule has 15 heavy (non-hydrogen) atoms. The van der Waals surface area contributed by atoms with Gasteiger partial charge in [0.25, 0.3) is 0 Å². The number of hydrogen-bond donors (Lipinski definition) is 1. The van der Waals surface area contributed by atoms with Crippen LogP contribution in [0.25, 0.3) is 0 Å². The van der Waals surface area contributed by atoms with E-state index in [-0.39, 0.29) is 5.60 Å². The first-order chi connectivity index (χ1) is 6.91. The van der Waals surface area contributed by atoms with Gasteiger partial charge in [-0.3, -0.25) is 0 Å². The molecule has 0 unspecified atom stereocenters. The average Bonchev–Trinajstić information content (AvgIpc) is 2.50. The van der Waals surface area contributed by atoms with Gasteiger partial charge in [-0.15, -0.1) is 0 Å². The van der Waals surface area contributed by atoms with Gasteiger partial charge < -0.3 is 10.1 Å². The van der Waals surface area contributed by atoms with Crippen molar-refractivity contribution >= 4 is 0 Å². The third-order valence-electron chi connectivity index (χ3n) is 3.18. The highest BCUT2D eigenvalue weighted by Gasteiger charge is 2.27. The first-order valence-electron chi connectivity index (χ1n) is 6.26. The predicted octanol–water partition coefficient (Wildman–Crippen LogP) is 2.97. The molecule has 0 amide bonds. The summed E-state index contributed by atoms with van der Waals surface area (Å²) >= 11 is 0. The Bertz CT molecular complexity index is 177. The van der Waals surface area contributed by atoms with E-state index in [0.29, 0.717) is 5.41 Å². The molecule has 0 aliphatic heterocycles. The summed E-state index contributed by atoms with van der Waals surface area (Å²) in [5.74, 6) is 0. The first kappa shape index (κ1) is 13.0. The predicted molar refractivity (Wildman–Crippen MR) is 65.1 cm³/mol. The summed E-state index contributed by atoms with van der Waals surface area (Å²) in [7, 11) is 0. The lowest BCUT2D eigenvalue weighted by Gasteiger charge is -2.25. The van der Waals surface area contributed by atoms with Crippen molar-refractivity contribution in [1.82, 2.24) is 5.32 Å². The second kappa shape index (κ2) is 5.31. The summed E-state index contributed by atoms with van der Waals surface area (Å²) in [5, 5.41) is 3.52. The molecular weight excluding hydrogens is 186 g/mol. The van der Waals surface area contributed by atoms with Crippen molar-refractivity contribution < 1.29 is 4.74 Å². The zero-order chi connectivity index (χ0) is 11.4. The van der Waals surface area contributed by atoms with Crippen molar-refractivity contribution in [2.75, 3.05) is 19.7 Å². The lowest BCUT2D eigenvalue weighted by Crippen LogP contribution is -2.33. The zero-order valence-electron chi connectivity index (χ0n) is 10.9. The van der Waals surface area contributed by atoms with Crippen LogP contribution in [0.15, 0.2) is 0 Å². The monoisotopic (exact) mass is 213 g/mol. The number of ether oxygens (including phenoxy) is 1. The van der Waals surface area contributed by atoms with E-state index >= 15 is 0 Å². The van der Waals surface area contributed by atoms with Crippen molar-refractivity contribution in [2.45, 2.75) is 59.0 Å². The van der Waals surface area contributed by atoms with Crippen LogP contribution in [0.4, 0.5) is 0 Å². The minimum atomic E-state index is -0.00105. The average molecular weight is 213 g/mol. The fraction of sp³-hybridized carbons (Fsp3) is 1.00. The third kappa shape index (κ3) is 5.53. The van der Waals surface area contributed by atoms with Gasteiger partial charge in [-0.1, -0.05) is 19.8 Å². The SMILES string of the molecule is CC1(CNCCOC(C)(C)C)CCCC1. The maximum Gasteiger partial charge on any atom is 0.0599 e. The molecule has 0 aromatic carbocycles. The fourth-order valence-electron chi connectivity index (χ4n) is 2.22. The Balaban J connectivity index is 2.02. The van der Waals surface area contributed by atoms with Crippen molar-refractivity contribution in [1.29, 1.82) is 0 Å². The molecule has 0 saturated heterocycles. The molecule has 0 radical (unpaired) electrons. The van der Waals surface area contributed by atoms with Gasteiger partial charge >= 0.3 is 0 Å². The first-order valence-corrected chi connectivity index (χ1v) is 6.26. The van der Waals surface area contributed by atoms with Gasteiger partial charge in [0.05, 0.1) is 12.2 Å². The minimum absolute atomic E-state index is 0.00105. The summed E-state index contributed by atoms with van der Waals surface area (Å²) in [6.07, 6.45) is 5.60. The van der Waals surface area contributed by atoms with Gasteiger partial charge in [-0.05, 0) is 39.0 Å². The molecule has 90 valence electrons. The molecule has 2 nitrogen and oxygen atoms in total. The molecule has 0 aromatic rings. The molecule has 1 fully saturated rings. The normalized spacial score (nSPS) is 20.8. The van der Waals surface area contributed by atoms with Crippen molar-refractivity contribution in [2.24, 2.45) is 5.41 Å². The van der Waals surface area contributed by atoms with Crippen LogP contribution in [0.1, 0.15) is 53.4 Å². The molecule has 2 heteroatoms. The Morgan fingerprint density at radius 2 is 1.80 bits per heavy atom. The number of rotatable bonds is 5. The molecule has 0 spiro atoms. The van der Waals surface area contributed by atoms with Crippen LogP contribution in [0, 0.1) is 5.41 Å². The van der Waals surface area contributed by atoms with E-state index in [1.165, 1.54) is 25.7 Å². The van der Waals surface area contributed by atoms with Crippen LogP contribution in [-0.4, -0.2) is 25.3 Å². The lowest BCUT2D eigenvalue weighted by molar-refractivity contribution is -0.00142. The van der Waals surface area contributed by atoms with E-state index in [4.69, 9.17) is 4.74 Å². The van der Waals surface area contributed by atoms with Gasteiger partial charge in [-0.25, -0.2) is 0 Å². The van der Waals surface area contributed by atoms with Crippen LogP contribution >= 0.6 is 0 Å². The largest absolute Gasteiger partial charge is 0.375 e. The maximum absolute atomic E-state index is 5.66. The van der Waals surface area contributed by atoms with Crippen LogP contribution in [-0.2, 0) is 4.74 Å². The van der Waals surface area contributed by atoms with Crippen molar-refractivity contribution in [3.05, 3.63) is 0 Å². The highest BCUT2D eigenvalue weighted by atomic mass is 16.5. The molecule has 1 aliphatic carbocycles. The number of nitrogens with one attached hydrogen (secondary N) is 1. The standard InChI is InChI=1S/C13H27NO/c1-12(2,3)15-10-9-14-11-13(4)7-5-6-8-13/h14H,5-11H2,1-4H3. The second-order valence-corrected chi connectivity index (χ2v) is 6.16. The quantitative estimate of drug-likeness (QED) is 0.709. The summed E-state index contributed by atoms with van der Waals surface area (Å²) < 4.78 is 5.66. The van der Waals surface area contributed by atoms with E-state index < -0.39 is 0 Å². The van der Waals surface area contributed by atoms with Crippen LogP contribution in [0.5, 0.6) is 0 Å². The second-order valence-electron chi connectivity index (χ2n) is 6.16. The lowest BCUT2D eigenvalue weighted by atomic mass is 9.89. The summed E-state index contributed by atoms with van der Waals surface area (Å²) in [6, 6.07) is 0. The van der Waals surface area contributed by atoms with Crippen molar-refractivity contribution in [3.63, 3.8) is 0 Å². The van der Waals surface area contributed by atoms with Gasteiger partial charge in [0.15, 0.2) is 0 Å². The fourth-order valence-corrected chi connectivity index (χ4v) is 2.22. The summed E-state index contributed by atoms with van der Waals surface area (Å²) in [6.45, 7) is 11.7. The van der Waals surface area contributed by atoms with Gasteiger partial charge in [-0.2, -0.15) is 0 Å². The Labute approximate surface area is 94.8 Å². The third-order valence-corrected chi connectivity index (χ3v) is 3.18. The summed E-state index contributed by atoms with van der Waals surface area (Å²) in [4.78, 5) is 0. The Morgan fingerprint density at radius 3 is 2.33 bits per heavy atom. The molecule has 0 atom stereocenters. The molecule has 0 aromatic heterocycles. The van der Waals surface area contributed by atoms with E-state index in [1.807, 2.05) is 0 Å². The van der Waals surface area contributed by atoms with Gasteiger partial charge in [0.2, 0.25) is 0 Å². The minimum Gasteiger partial charge on any atom is -0.375 e. The number of hydrogen-bond acceptors (Lipinski definition) is 2. The summed E-state index contributed by atoms with van der Waals surface area (Å²) in [5.41, 5.74) is 0.556. The van der Waals surface area contributed by atoms with Crippen molar-refractivity contribution in [3.8, 4) is 0 Å². The van der Waals surface area contributed by atoms with Crippen LogP contribution in [0.3, 0.4) is 0 Å². The van der Waals surface area contributed by atoms with Gasteiger partial charge in [0.1, 0.15) is 0 Å². The molecule has 0 bridgehead atoms. The molecule has 0 heterocycles. The highest BCUT2D eigenvalue weighted by Crippen LogP contribution is 2.36. The van der Waals surface area contributed by atoms with Crippen LogP contribution < -0.4 is 5.32 Å². The van der Waals surface area contributed by atoms with Gasteiger partial charge in [0, 0.05) is 13.1 Å². The van der Waals surface area contributed by atoms with Crippen LogP contribution in [0.2, 0.25) is 0 Å². The smallest absolute Gasteiger partial charge is 0.0599 e. The highest BCUT2D eigenvalue weighted by molar-refractivity contribution is 4.82. The maximum atomic E-state index is 5.66. The molecule has 1 N–H and O–H groups in total. The molecule has 1 rings (SSSR count). The molecule has 1 aliphatic rings. The topological polar surface area (TPSA) is 21.3 Å². The Kier molecular flexibility index (Phi) is 4.60.